The molecule has 5 heteroatoms. The first kappa shape index (κ1) is 18.3. The number of ether oxygens (including phenoxy) is 2. The molecule has 0 spiro atoms. The van der Waals surface area contributed by atoms with Crippen LogP contribution in [-0.4, -0.2) is 56.1 Å². The predicted octanol–water partition coefficient (Wildman–Crippen LogP) is 3.22. The van der Waals surface area contributed by atoms with Gasteiger partial charge < -0.3 is 14.4 Å². The molecule has 1 unspecified atom stereocenters. The maximum Gasteiger partial charge on any atom is 0.261 e. The summed E-state index contributed by atoms with van der Waals surface area (Å²) in [6.07, 6.45) is 0. The van der Waals surface area contributed by atoms with E-state index in [0.29, 0.717) is 36.2 Å². The van der Waals surface area contributed by atoms with Gasteiger partial charge in [-0.15, -0.1) is 0 Å². The van der Waals surface area contributed by atoms with Gasteiger partial charge in [0.2, 0.25) is 0 Å². The number of hydrogen-bond acceptors (Lipinski definition) is 4. The highest BCUT2D eigenvalue weighted by molar-refractivity contribution is 5.99. The summed E-state index contributed by atoms with van der Waals surface area (Å²) in [5.74, 6) is 1.06. The lowest BCUT2D eigenvalue weighted by atomic mass is 10.1. The predicted molar refractivity (Wildman–Crippen MR) is 102 cm³/mol. The lowest BCUT2D eigenvalue weighted by molar-refractivity contribution is 0.0576. The Morgan fingerprint density at radius 2 is 1.46 bits per heavy atom. The van der Waals surface area contributed by atoms with Gasteiger partial charge in [-0.25, -0.2) is 0 Å². The fraction of sp³-hybridized carbons (Fsp3) is 0.381. The lowest BCUT2D eigenvalue weighted by Gasteiger charge is -2.38. The summed E-state index contributed by atoms with van der Waals surface area (Å²) in [4.78, 5) is 17.4. The Bertz CT molecular complexity index is 718. The Kier molecular flexibility index (Phi) is 5.78. The topological polar surface area (TPSA) is 42.0 Å². The molecule has 1 amide bonds. The van der Waals surface area contributed by atoms with E-state index in [2.05, 4.69) is 36.1 Å². The minimum Gasteiger partial charge on any atom is -0.496 e. The van der Waals surface area contributed by atoms with Crippen LogP contribution in [0.4, 0.5) is 0 Å². The molecule has 0 radical (unpaired) electrons. The highest BCUT2D eigenvalue weighted by Crippen LogP contribution is 2.30. The van der Waals surface area contributed by atoms with Gasteiger partial charge in [-0.05, 0) is 24.6 Å². The quantitative estimate of drug-likeness (QED) is 0.827. The molecule has 5 nitrogen and oxygen atoms in total. The van der Waals surface area contributed by atoms with Crippen molar-refractivity contribution >= 4 is 5.91 Å². The van der Waals surface area contributed by atoms with Crippen LogP contribution in [0.1, 0.15) is 28.9 Å². The zero-order valence-corrected chi connectivity index (χ0v) is 15.6. The van der Waals surface area contributed by atoms with E-state index in [4.69, 9.17) is 9.47 Å². The average molecular weight is 354 g/mol. The van der Waals surface area contributed by atoms with E-state index in [9.17, 15) is 4.79 Å². The SMILES string of the molecule is COc1cccc(OC)c1C(=O)N1CCN(C(C)c2ccccc2)CC1. The van der Waals surface area contributed by atoms with Crippen LogP contribution in [0, 0.1) is 0 Å². The fourth-order valence-corrected chi connectivity index (χ4v) is 3.47. The Morgan fingerprint density at radius 1 is 0.885 bits per heavy atom. The zero-order chi connectivity index (χ0) is 18.5. The van der Waals surface area contributed by atoms with Crippen molar-refractivity contribution in [3.05, 3.63) is 59.7 Å². The Labute approximate surface area is 155 Å². The molecule has 1 atom stereocenters. The van der Waals surface area contributed by atoms with Gasteiger partial charge in [-0.3, -0.25) is 9.69 Å². The Balaban J connectivity index is 1.70. The first-order valence-electron chi connectivity index (χ1n) is 8.95. The smallest absolute Gasteiger partial charge is 0.261 e. The minimum atomic E-state index is -0.0358. The molecule has 2 aromatic rings. The molecule has 26 heavy (non-hydrogen) atoms. The van der Waals surface area contributed by atoms with Gasteiger partial charge in [-0.2, -0.15) is 0 Å². The molecule has 1 aliphatic rings. The van der Waals surface area contributed by atoms with E-state index >= 15 is 0 Å². The van der Waals surface area contributed by atoms with Crippen molar-refractivity contribution in [3.8, 4) is 11.5 Å². The summed E-state index contributed by atoms with van der Waals surface area (Å²) < 4.78 is 10.8. The second kappa shape index (κ2) is 8.23. The molecular weight excluding hydrogens is 328 g/mol. The molecule has 0 N–H and O–H groups in total. The van der Waals surface area contributed by atoms with Crippen molar-refractivity contribution in [3.63, 3.8) is 0 Å². The molecule has 0 aromatic heterocycles. The highest BCUT2D eigenvalue weighted by Gasteiger charge is 2.28. The van der Waals surface area contributed by atoms with Gasteiger partial charge >= 0.3 is 0 Å². The van der Waals surface area contributed by atoms with E-state index < -0.39 is 0 Å². The third-order valence-electron chi connectivity index (χ3n) is 5.07. The minimum absolute atomic E-state index is 0.0358. The molecule has 1 aliphatic heterocycles. The summed E-state index contributed by atoms with van der Waals surface area (Å²) >= 11 is 0. The van der Waals surface area contributed by atoms with Crippen LogP contribution >= 0.6 is 0 Å². The number of nitrogens with zero attached hydrogens (tertiary/aromatic N) is 2. The van der Waals surface area contributed by atoms with Crippen molar-refractivity contribution in [1.82, 2.24) is 9.80 Å². The summed E-state index contributed by atoms with van der Waals surface area (Å²) in [5.41, 5.74) is 1.81. The summed E-state index contributed by atoms with van der Waals surface area (Å²) in [5, 5.41) is 0. The Hall–Kier alpha value is -2.53. The molecule has 0 aliphatic carbocycles. The number of carbonyl (C=O) groups excluding carboxylic acids is 1. The molecule has 0 bridgehead atoms. The van der Waals surface area contributed by atoms with Crippen molar-refractivity contribution in [2.75, 3.05) is 40.4 Å². The van der Waals surface area contributed by atoms with Crippen molar-refractivity contribution < 1.29 is 14.3 Å². The van der Waals surface area contributed by atoms with Gasteiger partial charge in [0.1, 0.15) is 17.1 Å². The molecule has 138 valence electrons. The molecule has 3 rings (SSSR count). The van der Waals surface area contributed by atoms with Gasteiger partial charge in [-0.1, -0.05) is 36.4 Å². The van der Waals surface area contributed by atoms with Crippen molar-refractivity contribution in [2.24, 2.45) is 0 Å². The molecule has 1 heterocycles. The number of carbonyl (C=O) groups is 1. The fourth-order valence-electron chi connectivity index (χ4n) is 3.47. The van der Waals surface area contributed by atoms with Crippen molar-refractivity contribution in [1.29, 1.82) is 0 Å². The van der Waals surface area contributed by atoms with Crippen LogP contribution in [0.25, 0.3) is 0 Å². The second-order valence-electron chi connectivity index (χ2n) is 6.45. The van der Waals surface area contributed by atoms with Crippen LogP contribution in [0.2, 0.25) is 0 Å². The van der Waals surface area contributed by atoms with Crippen LogP contribution in [0.15, 0.2) is 48.5 Å². The van der Waals surface area contributed by atoms with Crippen LogP contribution < -0.4 is 9.47 Å². The van der Waals surface area contributed by atoms with Crippen LogP contribution in [0.5, 0.6) is 11.5 Å². The molecule has 1 fully saturated rings. The van der Waals surface area contributed by atoms with Gasteiger partial charge in [0.15, 0.2) is 0 Å². The van der Waals surface area contributed by atoms with Crippen LogP contribution in [-0.2, 0) is 0 Å². The van der Waals surface area contributed by atoms with E-state index in [-0.39, 0.29) is 5.91 Å². The number of rotatable bonds is 5. The third kappa shape index (κ3) is 3.68. The number of methoxy groups -OCH3 is 2. The Morgan fingerprint density at radius 3 is 2.00 bits per heavy atom. The standard InChI is InChI=1S/C21H26N2O3/c1-16(17-8-5-4-6-9-17)22-12-14-23(15-13-22)21(24)20-18(25-2)10-7-11-19(20)26-3/h4-11,16H,12-15H2,1-3H3. The van der Waals surface area contributed by atoms with Gasteiger partial charge in [0.05, 0.1) is 14.2 Å². The maximum absolute atomic E-state index is 13.1. The third-order valence-corrected chi connectivity index (χ3v) is 5.07. The van der Waals surface area contributed by atoms with E-state index in [1.807, 2.05) is 17.0 Å². The van der Waals surface area contributed by atoms with E-state index in [1.54, 1.807) is 26.4 Å². The molecular formula is C21H26N2O3. The van der Waals surface area contributed by atoms with Gasteiger partial charge in [0, 0.05) is 32.2 Å². The number of benzene rings is 2. The summed E-state index contributed by atoms with van der Waals surface area (Å²) in [7, 11) is 3.15. The lowest BCUT2D eigenvalue weighted by Crippen LogP contribution is -2.49. The number of amides is 1. The maximum atomic E-state index is 13.1. The largest absolute Gasteiger partial charge is 0.496 e. The first-order chi connectivity index (χ1) is 12.7. The van der Waals surface area contributed by atoms with E-state index in [1.165, 1.54) is 5.56 Å². The second-order valence-corrected chi connectivity index (χ2v) is 6.45. The van der Waals surface area contributed by atoms with Crippen LogP contribution in [0.3, 0.4) is 0 Å². The summed E-state index contributed by atoms with van der Waals surface area (Å²) in [6.45, 7) is 5.29. The molecule has 1 saturated heterocycles. The highest BCUT2D eigenvalue weighted by atomic mass is 16.5. The number of piperazine rings is 1. The average Bonchev–Trinajstić information content (AvgIpc) is 2.72. The number of hydrogen-bond donors (Lipinski definition) is 0. The summed E-state index contributed by atoms with van der Waals surface area (Å²) in [6, 6.07) is 16.2. The van der Waals surface area contributed by atoms with Gasteiger partial charge in [0.25, 0.3) is 5.91 Å². The molecule has 2 aromatic carbocycles. The normalized spacial score (nSPS) is 16.2. The molecule has 0 saturated carbocycles. The monoisotopic (exact) mass is 354 g/mol. The first-order valence-corrected chi connectivity index (χ1v) is 8.95. The van der Waals surface area contributed by atoms with Crippen molar-refractivity contribution in [2.45, 2.75) is 13.0 Å². The van der Waals surface area contributed by atoms with E-state index in [0.717, 1.165) is 13.1 Å². The zero-order valence-electron chi connectivity index (χ0n) is 15.6.